The summed E-state index contributed by atoms with van der Waals surface area (Å²) in [6, 6.07) is 5.71. The summed E-state index contributed by atoms with van der Waals surface area (Å²) in [5, 5.41) is 14.5. The number of para-hydroxylation sites is 1. The summed E-state index contributed by atoms with van der Waals surface area (Å²) in [7, 11) is 1.81. The van der Waals surface area contributed by atoms with Crippen molar-refractivity contribution in [2.24, 2.45) is 7.05 Å². The molecule has 0 amide bonds. The first-order chi connectivity index (χ1) is 8.33. The van der Waals surface area contributed by atoms with E-state index in [4.69, 9.17) is 16.7 Å². The van der Waals surface area contributed by atoms with Crippen molar-refractivity contribution in [1.82, 2.24) is 9.78 Å². The first-order valence-corrected chi connectivity index (χ1v) is 6.04. The van der Waals surface area contributed by atoms with Crippen molar-refractivity contribution in [2.75, 3.05) is 0 Å². The zero-order valence-corrected chi connectivity index (χ0v) is 11.3. The molecule has 0 atom stereocenters. The van der Waals surface area contributed by atoms with E-state index in [0.717, 1.165) is 16.5 Å². The van der Waals surface area contributed by atoms with Crippen LogP contribution in [-0.2, 0) is 17.3 Å². The van der Waals surface area contributed by atoms with Crippen LogP contribution in [0.25, 0.3) is 10.9 Å². The first kappa shape index (κ1) is 12.9. The Kier molecular flexibility index (Phi) is 3.07. The van der Waals surface area contributed by atoms with E-state index in [-0.39, 0.29) is 6.42 Å². The summed E-state index contributed by atoms with van der Waals surface area (Å²) in [6.45, 7) is 3.83. The molecule has 4 nitrogen and oxygen atoms in total. The van der Waals surface area contributed by atoms with Gasteiger partial charge in [0.15, 0.2) is 5.15 Å². The van der Waals surface area contributed by atoms with Crippen molar-refractivity contribution in [1.29, 1.82) is 0 Å². The highest BCUT2D eigenvalue weighted by Crippen LogP contribution is 2.34. The monoisotopic (exact) mass is 266 g/mol. The third kappa shape index (κ3) is 2.08. The molecule has 0 aliphatic rings. The number of hydrogen-bond acceptors (Lipinski definition) is 2. The van der Waals surface area contributed by atoms with Gasteiger partial charge in [-0.05, 0) is 11.6 Å². The lowest BCUT2D eigenvalue weighted by Crippen LogP contribution is -2.22. The average Bonchev–Trinajstić information content (AvgIpc) is 2.53. The Balaban J connectivity index is 2.68. The fourth-order valence-electron chi connectivity index (χ4n) is 2.31. The molecule has 18 heavy (non-hydrogen) atoms. The van der Waals surface area contributed by atoms with E-state index in [1.165, 1.54) is 0 Å². The van der Waals surface area contributed by atoms with Crippen molar-refractivity contribution in [3.05, 3.63) is 28.9 Å². The number of aromatic nitrogens is 2. The molecule has 0 spiro atoms. The van der Waals surface area contributed by atoms with Gasteiger partial charge in [-0.3, -0.25) is 9.48 Å². The van der Waals surface area contributed by atoms with Crippen LogP contribution in [0.4, 0.5) is 0 Å². The second-order valence-corrected chi connectivity index (χ2v) is 5.43. The van der Waals surface area contributed by atoms with Crippen LogP contribution < -0.4 is 0 Å². The van der Waals surface area contributed by atoms with Crippen molar-refractivity contribution in [3.63, 3.8) is 0 Å². The highest BCUT2D eigenvalue weighted by atomic mass is 35.5. The number of nitrogens with zero attached hydrogens (tertiary/aromatic N) is 2. The highest BCUT2D eigenvalue weighted by molar-refractivity contribution is 6.34. The van der Waals surface area contributed by atoms with Gasteiger partial charge in [0.05, 0.1) is 11.9 Å². The molecule has 0 unspecified atom stereocenters. The Morgan fingerprint density at radius 3 is 2.78 bits per heavy atom. The van der Waals surface area contributed by atoms with Gasteiger partial charge in [0.25, 0.3) is 0 Å². The molecule has 0 aliphatic heterocycles. The maximum Gasteiger partial charge on any atom is 0.304 e. The highest BCUT2D eigenvalue weighted by Gasteiger charge is 2.27. The third-order valence-electron chi connectivity index (χ3n) is 3.14. The third-order valence-corrected chi connectivity index (χ3v) is 3.42. The molecule has 1 heterocycles. The summed E-state index contributed by atoms with van der Waals surface area (Å²) >= 11 is 6.06. The number of halogens is 1. The maximum absolute atomic E-state index is 11.0. The zero-order chi connectivity index (χ0) is 13.5. The van der Waals surface area contributed by atoms with Crippen molar-refractivity contribution >= 4 is 28.5 Å². The minimum Gasteiger partial charge on any atom is -0.481 e. The smallest absolute Gasteiger partial charge is 0.304 e. The summed E-state index contributed by atoms with van der Waals surface area (Å²) in [4.78, 5) is 11.0. The number of hydrogen-bond donors (Lipinski definition) is 1. The van der Waals surface area contributed by atoms with E-state index in [2.05, 4.69) is 5.10 Å². The van der Waals surface area contributed by atoms with Gasteiger partial charge in [-0.1, -0.05) is 37.6 Å². The Morgan fingerprint density at radius 2 is 2.17 bits per heavy atom. The second-order valence-electron chi connectivity index (χ2n) is 5.07. The number of fused-ring (bicyclic) bond motifs is 1. The van der Waals surface area contributed by atoms with Gasteiger partial charge < -0.3 is 5.11 Å². The van der Waals surface area contributed by atoms with Crippen LogP contribution in [0.3, 0.4) is 0 Å². The molecule has 0 saturated carbocycles. The predicted octanol–water partition coefficient (Wildman–Crippen LogP) is 2.98. The lowest BCUT2D eigenvalue weighted by molar-refractivity contribution is -0.138. The maximum atomic E-state index is 11.0. The van der Waals surface area contributed by atoms with Gasteiger partial charge >= 0.3 is 5.97 Å². The zero-order valence-electron chi connectivity index (χ0n) is 10.6. The largest absolute Gasteiger partial charge is 0.481 e. The van der Waals surface area contributed by atoms with Crippen LogP contribution in [0, 0.1) is 0 Å². The van der Waals surface area contributed by atoms with E-state index < -0.39 is 11.4 Å². The fourth-order valence-corrected chi connectivity index (χ4v) is 2.58. The fraction of sp³-hybridized carbons (Fsp3) is 0.385. The van der Waals surface area contributed by atoms with Gasteiger partial charge in [0.2, 0.25) is 0 Å². The summed E-state index contributed by atoms with van der Waals surface area (Å²) in [5.41, 5.74) is 1.38. The molecule has 0 radical (unpaired) electrons. The van der Waals surface area contributed by atoms with Gasteiger partial charge in [-0.2, -0.15) is 5.10 Å². The molecule has 0 aliphatic carbocycles. The Morgan fingerprint density at radius 1 is 1.50 bits per heavy atom. The van der Waals surface area contributed by atoms with Gasteiger partial charge in [-0.25, -0.2) is 0 Å². The molecule has 96 valence electrons. The summed E-state index contributed by atoms with van der Waals surface area (Å²) in [5.74, 6) is -0.815. The van der Waals surface area contributed by atoms with Crippen LogP contribution in [0.1, 0.15) is 25.8 Å². The molecule has 1 aromatic heterocycles. The van der Waals surface area contributed by atoms with Crippen LogP contribution in [0.15, 0.2) is 18.2 Å². The quantitative estimate of drug-likeness (QED) is 0.929. The van der Waals surface area contributed by atoms with Crippen molar-refractivity contribution < 1.29 is 9.90 Å². The van der Waals surface area contributed by atoms with Crippen molar-refractivity contribution in [3.8, 4) is 0 Å². The van der Waals surface area contributed by atoms with Crippen LogP contribution in [0.2, 0.25) is 5.15 Å². The topological polar surface area (TPSA) is 55.1 Å². The summed E-state index contributed by atoms with van der Waals surface area (Å²) in [6.07, 6.45) is 0.0644. The predicted molar refractivity (Wildman–Crippen MR) is 71.0 cm³/mol. The van der Waals surface area contributed by atoms with Crippen molar-refractivity contribution in [2.45, 2.75) is 25.7 Å². The lowest BCUT2D eigenvalue weighted by Gasteiger charge is -2.24. The van der Waals surface area contributed by atoms with E-state index in [0.29, 0.717) is 5.15 Å². The molecule has 2 aromatic rings. The number of aliphatic carboxylic acids is 1. The van der Waals surface area contributed by atoms with Gasteiger partial charge in [-0.15, -0.1) is 0 Å². The van der Waals surface area contributed by atoms with E-state index >= 15 is 0 Å². The molecule has 5 heteroatoms. The Hall–Kier alpha value is -1.55. The molecule has 1 N–H and O–H groups in total. The van der Waals surface area contributed by atoms with Crippen LogP contribution in [0.5, 0.6) is 0 Å². The number of carboxylic acids is 1. The standard InChI is InChI=1S/C13H15ClN2O2/c1-13(2,7-10(17)18)9-6-4-5-8-11(9)16(3)15-12(8)14/h4-6H,7H2,1-3H3,(H,17,18). The number of rotatable bonds is 3. The number of benzene rings is 1. The molecule has 2 rings (SSSR count). The minimum atomic E-state index is -0.815. The van der Waals surface area contributed by atoms with E-state index in [1.807, 2.05) is 39.1 Å². The molecule has 0 fully saturated rings. The number of carboxylic acid groups (broad SMARTS) is 1. The Labute approximate surface area is 110 Å². The van der Waals surface area contributed by atoms with Gasteiger partial charge in [0.1, 0.15) is 0 Å². The average molecular weight is 267 g/mol. The Bertz CT molecular complexity index is 617. The second kappa shape index (κ2) is 4.28. The SMILES string of the molecule is Cn1nc(Cl)c2cccc(C(C)(C)CC(=O)O)c21. The normalized spacial score (nSPS) is 12.0. The molecule has 0 saturated heterocycles. The molecular formula is C13H15ClN2O2. The summed E-state index contributed by atoms with van der Waals surface area (Å²) < 4.78 is 1.70. The molecular weight excluding hydrogens is 252 g/mol. The minimum absolute atomic E-state index is 0.0644. The first-order valence-electron chi connectivity index (χ1n) is 5.66. The lowest BCUT2D eigenvalue weighted by atomic mass is 9.80. The van der Waals surface area contributed by atoms with E-state index in [1.54, 1.807) is 4.68 Å². The number of aryl methyl sites for hydroxylation is 1. The van der Waals surface area contributed by atoms with Gasteiger partial charge in [0, 0.05) is 17.8 Å². The molecule has 1 aromatic carbocycles. The van der Waals surface area contributed by atoms with Crippen LogP contribution in [-0.4, -0.2) is 20.9 Å². The van der Waals surface area contributed by atoms with E-state index in [9.17, 15) is 4.79 Å². The molecule has 0 bridgehead atoms. The number of carbonyl (C=O) groups is 1. The van der Waals surface area contributed by atoms with Crippen LogP contribution >= 0.6 is 11.6 Å².